The van der Waals surface area contributed by atoms with Crippen molar-refractivity contribution >= 4 is 11.0 Å². The molecule has 2 unspecified atom stereocenters. The second-order valence-electron chi connectivity index (χ2n) is 7.14. The summed E-state index contributed by atoms with van der Waals surface area (Å²) in [7, 11) is 1.53. The molecule has 2 aromatic carbocycles. The molecular formula is C21H24FN3O2. The summed E-state index contributed by atoms with van der Waals surface area (Å²) < 4.78 is 18.9. The van der Waals surface area contributed by atoms with E-state index < -0.39 is 6.10 Å². The maximum atomic E-state index is 13.6. The monoisotopic (exact) mass is 369 g/mol. The third kappa shape index (κ3) is 3.82. The summed E-state index contributed by atoms with van der Waals surface area (Å²) in [6, 6.07) is 12.3. The van der Waals surface area contributed by atoms with Crippen LogP contribution in [0.2, 0.25) is 0 Å². The molecule has 0 amide bonds. The highest BCUT2D eigenvalue weighted by molar-refractivity contribution is 5.74. The molecule has 0 bridgehead atoms. The van der Waals surface area contributed by atoms with Gasteiger partial charge in [0.05, 0.1) is 24.2 Å². The number of aliphatic hydroxyl groups excluding tert-OH is 1. The molecule has 1 fully saturated rings. The van der Waals surface area contributed by atoms with E-state index in [0.717, 1.165) is 42.8 Å². The molecular weight excluding hydrogens is 345 g/mol. The summed E-state index contributed by atoms with van der Waals surface area (Å²) in [5.74, 6) is 1.44. The van der Waals surface area contributed by atoms with Crippen molar-refractivity contribution in [2.24, 2.45) is 0 Å². The summed E-state index contributed by atoms with van der Waals surface area (Å²) in [5.41, 5.74) is 2.52. The van der Waals surface area contributed by atoms with E-state index in [1.807, 2.05) is 24.3 Å². The third-order valence-electron chi connectivity index (χ3n) is 5.28. The number of piperidine rings is 1. The van der Waals surface area contributed by atoms with E-state index >= 15 is 0 Å². The second kappa shape index (κ2) is 7.66. The molecule has 0 spiro atoms. The van der Waals surface area contributed by atoms with Crippen molar-refractivity contribution in [2.45, 2.75) is 24.9 Å². The first-order chi connectivity index (χ1) is 13.1. The van der Waals surface area contributed by atoms with Crippen LogP contribution in [-0.2, 0) is 0 Å². The number of β-amino-alcohol motifs (C(OH)–C–C–N with tert-alkyl or cyclic N) is 1. The van der Waals surface area contributed by atoms with Gasteiger partial charge in [-0.25, -0.2) is 9.37 Å². The molecule has 4 rings (SSSR count). The normalized spacial score (nSPS) is 19.3. The Kier molecular flexibility index (Phi) is 5.09. The molecule has 0 radical (unpaired) electrons. The number of aromatic amines is 1. The molecule has 27 heavy (non-hydrogen) atoms. The van der Waals surface area contributed by atoms with Crippen molar-refractivity contribution in [1.29, 1.82) is 0 Å². The van der Waals surface area contributed by atoms with E-state index in [4.69, 9.17) is 9.72 Å². The van der Waals surface area contributed by atoms with Gasteiger partial charge in [-0.15, -0.1) is 0 Å². The molecule has 1 aromatic heterocycles. The zero-order chi connectivity index (χ0) is 18.8. The zero-order valence-corrected chi connectivity index (χ0v) is 15.4. The van der Waals surface area contributed by atoms with E-state index in [9.17, 15) is 9.50 Å². The minimum absolute atomic E-state index is 0.299. The maximum absolute atomic E-state index is 13.6. The van der Waals surface area contributed by atoms with Gasteiger partial charge in [0, 0.05) is 24.6 Å². The Morgan fingerprint density at radius 3 is 3.00 bits per heavy atom. The maximum Gasteiger partial charge on any atom is 0.124 e. The summed E-state index contributed by atoms with van der Waals surface area (Å²) in [4.78, 5) is 10.4. The van der Waals surface area contributed by atoms with Crippen molar-refractivity contribution in [3.8, 4) is 5.75 Å². The third-order valence-corrected chi connectivity index (χ3v) is 5.28. The number of hydrogen-bond donors (Lipinski definition) is 2. The highest BCUT2D eigenvalue weighted by Crippen LogP contribution is 2.30. The SMILES string of the molecule is COc1ccc(F)cc1C(O)CN1CCCC(c2nc3ccccc3[nH]2)C1. The number of hydrogen-bond acceptors (Lipinski definition) is 4. The van der Waals surface area contributed by atoms with E-state index in [0.29, 0.717) is 23.8 Å². The van der Waals surface area contributed by atoms with E-state index in [2.05, 4.69) is 9.88 Å². The second-order valence-corrected chi connectivity index (χ2v) is 7.14. The Labute approximate surface area is 157 Å². The quantitative estimate of drug-likeness (QED) is 0.721. The van der Waals surface area contributed by atoms with Crippen LogP contribution in [0.1, 0.15) is 36.3 Å². The largest absolute Gasteiger partial charge is 0.496 e. The fourth-order valence-corrected chi connectivity index (χ4v) is 3.92. The number of aliphatic hydroxyl groups is 1. The fraction of sp³-hybridized carbons (Fsp3) is 0.381. The molecule has 142 valence electrons. The van der Waals surface area contributed by atoms with Gasteiger partial charge in [0.2, 0.25) is 0 Å². The van der Waals surface area contributed by atoms with Crippen molar-refractivity contribution in [3.63, 3.8) is 0 Å². The number of methoxy groups -OCH3 is 1. The van der Waals surface area contributed by atoms with Gasteiger partial charge in [-0.2, -0.15) is 0 Å². The first kappa shape index (κ1) is 17.9. The number of H-pyrrole nitrogens is 1. The van der Waals surface area contributed by atoms with Gasteiger partial charge >= 0.3 is 0 Å². The number of imidazole rings is 1. The lowest BCUT2D eigenvalue weighted by atomic mass is 9.96. The number of halogens is 1. The molecule has 3 aromatic rings. The van der Waals surface area contributed by atoms with Crippen LogP contribution in [0.15, 0.2) is 42.5 Å². The van der Waals surface area contributed by atoms with Crippen molar-refractivity contribution in [1.82, 2.24) is 14.9 Å². The summed E-state index contributed by atoms with van der Waals surface area (Å²) >= 11 is 0. The van der Waals surface area contributed by atoms with Crippen molar-refractivity contribution < 1.29 is 14.2 Å². The summed E-state index contributed by atoms with van der Waals surface area (Å²) in [6.45, 7) is 2.16. The van der Waals surface area contributed by atoms with Crippen LogP contribution in [0, 0.1) is 5.82 Å². The highest BCUT2D eigenvalue weighted by atomic mass is 19.1. The lowest BCUT2D eigenvalue weighted by Crippen LogP contribution is -2.37. The van der Waals surface area contributed by atoms with E-state index in [1.165, 1.54) is 19.2 Å². The predicted octanol–water partition coefficient (Wildman–Crippen LogP) is 3.62. The van der Waals surface area contributed by atoms with Crippen molar-refractivity contribution in [2.75, 3.05) is 26.7 Å². The first-order valence-electron chi connectivity index (χ1n) is 9.32. The lowest BCUT2D eigenvalue weighted by Gasteiger charge is -2.33. The molecule has 1 aliphatic rings. The Morgan fingerprint density at radius 2 is 2.19 bits per heavy atom. The Bertz CT molecular complexity index is 894. The molecule has 0 saturated carbocycles. The number of nitrogens with one attached hydrogen (secondary N) is 1. The van der Waals surface area contributed by atoms with Gasteiger partial charge in [0.15, 0.2) is 0 Å². The lowest BCUT2D eigenvalue weighted by molar-refractivity contribution is 0.0926. The molecule has 0 aliphatic carbocycles. The van der Waals surface area contributed by atoms with Crippen LogP contribution in [0.4, 0.5) is 4.39 Å². The molecule has 2 atom stereocenters. The van der Waals surface area contributed by atoms with Crippen LogP contribution in [0.25, 0.3) is 11.0 Å². The average molecular weight is 369 g/mol. The van der Waals surface area contributed by atoms with Gasteiger partial charge in [-0.1, -0.05) is 12.1 Å². The predicted molar refractivity (Wildman–Crippen MR) is 102 cm³/mol. The molecule has 1 saturated heterocycles. The number of benzene rings is 2. The van der Waals surface area contributed by atoms with Gasteiger partial charge in [0.1, 0.15) is 17.4 Å². The minimum Gasteiger partial charge on any atom is -0.496 e. The van der Waals surface area contributed by atoms with Crippen molar-refractivity contribution in [3.05, 3.63) is 59.7 Å². The smallest absolute Gasteiger partial charge is 0.124 e. The number of fused-ring (bicyclic) bond motifs is 1. The summed E-state index contributed by atoms with van der Waals surface area (Å²) in [6.07, 6.45) is 1.30. The minimum atomic E-state index is -0.801. The van der Waals surface area contributed by atoms with Crippen LogP contribution in [-0.4, -0.2) is 46.7 Å². The number of likely N-dealkylation sites (tertiary alicyclic amines) is 1. The highest BCUT2D eigenvalue weighted by Gasteiger charge is 2.26. The average Bonchev–Trinajstić information content (AvgIpc) is 3.12. The molecule has 5 nitrogen and oxygen atoms in total. The van der Waals surface area contributed by atoms with Gasteiger partial charge in [-0.05, 0) is 49.7 Å². The topological polar surface area (TPSA) is 61.4 Å². The van der Waals surface area contributed by atoms with Crippen LogP contribution in [0.3, 0.4) is 0 Å². The molecule has 2 N–H and O–H groups in total. The number of ether oxygens (including phenoxy) is 1. The number of aromatic nitrogens is 2. The number of para-hydroxylation sites is 2. The van der Waals surface area contributed by atoms with E-state index in [1.54, 1.807) is 6.07 Å². The molecule has 6 heteroatoms. The number of rotatable bonds is 5. The summed E-state index contributed by atoms with van der Waals surface area (Å²) in [5, 5.41) is 10.7. The van der Waals surface area contributed by atoms with Gasteiger partial charge in [0.25, 0.3) is 0 Å². The van der Waals surface area contributed by atoms with Gasteiger partial charge in [-0.3, -0.25) is 4.90 Å². The zero-order valence-electron chi connectivity index (χ0n) is 15.4. The first-order valence-corrected chi connectivity index (χ1v) is 9.32. The van der Waals surface area contributed by atoms with E-state index in [-0.39, 0.29) is 5.82 Å². The Morgan fingerprint density at radius 1 is 1.33 bits per heavy atom. The fourth-order valence-electron chi connectivity index (χ4n) is 3.92. The number of nitrogens with zero attached hydrogens (tertiary/aromatic N) is 2. The van der Waals surface area contributed by atoms with Crippen LogP contribution >= 0.6 is 0 Å². The Balaban J connectivity index is 1.47. The molecule has 1 aliphatic heterocycles. The standard InChI is InChI=1S/C21H24FN3O2/c1-27-20-9-8-15(22)11-16(20)19(26)13-25-10-4-5-14(12-25)21-23-17-6-2-3-7-18(17)24-21/h2-3,6-9,11,14,19,26H,4-5,10,12-13H2,1H3,(H,23,24). The Hall–Kier alpha value is -2.44. The van der Waals surface area contributed by atoms with Crippen LogP contribution < -0.4 is 4.74 Å². The van der Waals surface area contributed by atoms with Crippen LogP contribution in [0.5, 0.6) is 5.75 Å². The van der Waals surface area contributed by atoms with Gasteiger partial charge < -0.3 is 14.8 Å². The molecule has 2 heterocycles.